The number of aromatic nitrogens is 5. The molecule has 3 aliphatic rings. The smallest absolute Gasteiger partial charge is 0.431 e. The van der Waals surface area contributed by atoms with Crippen LogP contribution in [0, 0.1) is 0 Å². The van der Waals surface area contributed by atoms with Gasteiger partial charge in [-0.2, -0.15) is 23.4 Å². The number of ether oxygens (including phenoxy) is 2. The lowest BCUT2D eigenvalue weighted by Crippen LogP contribution is -2.29. The standard InChI is InChI=1S/C24H24F3N9O2/c1-37-18-7-16(24(25,26)27)34-36(18)17-6-3-13(8-28-17)11-35-22-15(10-32-35)9-29-21(33-22)19-20(14-4-5-14)30-12-31-23(19)38-2/h3,6,8,10,12,14,18H,4-5,7,9,11H2,1-2H3,(H,29,33). The Balaban J connectivity index is 1.22. The van der Waals surface area contributed by atoms with E-state index in [0.717, 1.165) is 46.1 Å². The number of anilines is 2. The van der Waals surface area contributed by atoms with Crippen molar-refractivity contribution in [1.29, 1.82) is 0 Å². The van der Waals surface area contributed by atoms with E-state index in [0.29, 0.717) is 30.7 Å². The van der Waals surface area contributed by atoms with Gasteiger partial charge in [0.1, 0.15) is 29.3 Å². The second-order valence-electron chi connectivity index (χ2n) is 9.19. The van der Waals surface area contributed by atoms with E-state index in [4.69, 9.17) is 14.5 Å². The third kappa shape index (κ3) is 4.44. The first-order valence-electron chi connectivity index (χ1n) is 12.0. The summed E-state index contributed by atoms with van der Waals surface area (Å²) in [7, 11) is 2.92. The maximum atomic E-state index is 13.1. The highest BCUT2D eigenvalue weighted by molar-refractivity contribution is 6.11. The average molecular weight is 528 g/mol. The summed E-state index contributed by atoms with van der Waals surface area (Å²) in [5.41, 5.74) is 2.52. The number of hydrogen-bond acceptors (Lipinski definition) is 10. The second-order valence-corrected chi connectivity index (χ2v) is 9.19. The molecule has 0 saturated heterocycles. The quantitative estimate of drug-likeness (QED) is 0.497. The topological polar surface area (TPSA) is 115 Å². The van der Waals surface area contributed by atoms with Gasteiger partial charge in [-0.3, -0.25) is 4.99 Å². The first-order chi connectivity index (χ1) is 18.4. The molecule has 0 amide bonds. The largest absolute Gasteiger partial charge is 0.480 e. The number of methoxy groups -OCH3 is 2. The van der Waals surface area contributed by atoms with Crippen LogP contribution in [-0.4, -0.2) is 62.9 Å². The minimum absolute atomic E-state index is 0.263. The minimum Gasteiger partial charge on any atom is -0.480 e. The lowest BCUT2D eigenvalue weighted by atomic mass is 10.1. The summed E-state index contributed by atoms with van der Waals surface area (Å²) in [4.78, 5) is 17.8. The van der Waals surface area contributed by atoms with E-state index in [2.05, 4.69) is 30.5 Å². The highest BCUT2D eigenvalue weighted by Gasteiger charge is 2.43. The van der Waals surface area contributed by atoms with E-state index >= 15 is 0 Å². The molecule has 0 aromatic carbocycles. The number of nitrogens with one attached hydrogen (secondary N) is 1. The number of rotatable bonds is 7. The maximum Gasteiger partial charge on any atom is 0.431 e. The van der Waals surface area contributed by atoms with Crippen molar-refractivity contribution in [3.05, 3.63) is 53.2 Å². The van der Waals surface area contributed by atoms with Gasteiger partial charge < -0.3 is 14.8 Å². The molecule has 1 aliphatic carbocycles. The maximum absolute atomic E-state index is 13.1. The van der Waals surface area contributed by atoms with Crippen molar-refractivity contribution >= 4 is 23.2 Å². The number of fused-ring (bicyclic) bond motifs is 1. The Hall–Kier alpha value is -4.07. The number of hydrazone groups is 1. The number of hydrogen-bond donors (Lipinski definition) is 1. The summed E-state index contributed by atoms with van der Waals surface area (Å²) in [6, 6.07) is 3.40. The van der Waals surface area contributed by atoms with Crippen LogP contribution < -0.4 is 15.1 Å². The molecular formula is C24H24F3N9O2. The molecule has 1 saturated carbocycles. The molecule has 5 heterocycles. The van der Waals surface area contributed by atoms with Gasteiger partial charge in [0.2, 0.25) is 5.88 Å². The summed E-state index contributed by atoms with van der Waals surface area (Å²) in [5.74, 6) is 2.51. The predicted molar refractivity (Wildman–Crippen MR) is 131 cm³/mol. The van der Waals surface area contributed by atoms with Crippen LogP contribution in [-0.2, 0) is 17.8 Å². The summed E-state index contributed by atoms with van der Waals surface area (Å²) >= 11 is 0. The fourth-order valence-electron chi connectivity index (χ4n) is 4.55. The summed E-state index contributed by atoms with van der Waals surface area (Å²) < 4.78 is 51.9. The number of pyridine rings is 1. The van der Waals surface area contributed by atoms with Crippen LogP contribution in [0.4, 0.5) is 24.8 Å². The van der Waals surface area contributed by atoms with Gasteiger partial charge in [0.25, 0.3) is 0 Å². The second kappa shape index (κ2) is 9.35. The molecule has 1 N–H and O–H groups in total. The first kappa shape index (κ1) is 24.3. The molecule has 3 aromatic heterocycles. The molecule has 1 unspecified atom stereocenters. The molecular weight excluding hydrogens is 503 g/mol. The van der Waals surface area contributed by atoms with Crippen molar-refractivity contribution in [3.8, 4) is 5.88 Å². The third-order valence-electron chi connectivity index (χ3n) is 6.64. The highest BCUT2D eigenvalue weighted by Crippen LogP contribution is 2.42. The number of amidine groups is 1. The Labute approximate surface area is 215 Å². The molecule has 0 spiro atoms. The van der Waals surface area contributed by atoms with Gasteiger partial charge in [-0.15, -0.1) is 0 Å². The SMILES string of the molecule is COc1ncnc(C2CC2)c1C1=NCc2cnn(Cc3ccc(N4N=C(C(F)(F)F)CC4OC)nc3)c2N1. The molecule has 14 heteroatoms. The first-order valence-corrected chi connectivity index (χ1v) is 12.0. The van der Waals surface area contributed by atoms with E-state index in [-0.39, 0.29) is 12.2 Å². The monoisotopic (exact) mass is 527 g/mol. The average Bonchev–Trinajstić information content (AvgIpc) is 3.55. The highest BCUT2D eigenvalue weighted by atomic mass is 19.4. The van der Waals surface area contributed by atoms with Crippen molar-refractivity contribution in [1.82, 2.24) is 24.7 Å². The molecule has 3 aromatic rings. The lowest BCUT2D eigenvalue weighted by Gasteiger charge is -2.21. The molecule has 1 atom stereocenters. The number of halogens is 3. The lowest BCUT2D eigenvalue weighted by molar-refractivity contribution is -0.0609. The molecule has 0 bridgehead atoms. The Morgan fingerprint density at radius 1 is 1.11 bits per heavy atom. The van der Waals surface area contributed by atoms with Crippen molar-refractivity contribution in [3.63, 3.8) is 0 Å². The van der Waals surface area contributed by atoms with Gasteiger partial charge in [-0.05, 0) is 24.5 Å². The molecule has 11 nitrogen and oxygen atoms in total. The number of nitrogens with zero attached hydrogens (tertiary/aromatic N) is 8. The predicted octanol–water partition coefficient (Wildman–Crippen LogP) is 3.48. The normalized spacial score (nSPS) is 19.1. The van der Waals surface area contributed by atoms with E-state index in [1.807, 2.05) is 0 Å². The van der Waals surface area contributed by atoms with Crippen LogP contribution in [0.1, 0.15) is 47.6 Å². The molecule has 2 aliphatic heterocycles. The molecule has 1 fully saturated rings. The summed E-state index contributed by atoms with van der Waals surface area (Å²) in [6.45, 7) is 0.815. The molecule has 198 valence electrons. The van der Waals surface area contributed by atoms with Crippen molar-refractivity contribution in [2.24, 2.45) is 10.1 Å². The van der Waals surface area contributed by atoms with Crippen LogP contribution in [0.15, 0.2) is 40.9 Å². The van der Waals surface area contributed by atoms with E-state index in [1.165, 1.54) is 13.4 Å². The van der Waals surface area contributed by atoms with E-state index < -0.39 is 18.1 Å². The zero-order valence-electron chi connectivity index (χ0n) is 20.6. The van der Waals surface area contributed by atoms with Gasteiger partial charge in [-0.1, -0.05) is 6.07 Å². The zero-order chi connectivity index (χ0) is 26.4. The van der Waals surface area contributed by atoms with Crippen molar-refractivity contribution in [2.75, 3.05) is 24.5 Å². The van der Waals surface area contributed by atoms with Gasteiger partial charge in [0.05, 0.1) is 32.1 Å². The van der Waals surface area contributed by atoms with Crippen molar-refractivity contribution < 1.29 is 22.6 Å². The fourth-order valence-corrected chi connectivity index (χ4v) is 4.55. The third-order valence-corrected chi connectivity index (χ3v) is 6.64. The Morgan fingerprint density at radius 3 is 2.63 bits per heavy atom. The van der Waals surface area contributed by atoms with Gasteiger partial charge in [-0.25, -0.2) is 24.6 Å². The Bertz CT molecular complexity index is 1410. The minimum atomic E-state index is -4.52. The number of alkyl halides is 3. The van der Waals surface area contributed by atoms with Gasteiger partial charge in [0.15, 0.2) is 12.0 Å². The molecule has 0 radical (unpaired) electrons. The summed E-state index contributed by atoms with van der Waals surface area (Å²) in [5, 5.41) is 12.7. The van der Waals surface area contributed by atoms with Crippen LogP contribution >= 0.6 is 0 Å². The van der Waals surface area contributed by atoms with Gasteiger partial charge in [0, 0.05) is 31.2 Å². The molecule has 6 rings (SSSR count). The van der Waals surface area contributed by atoms with Crippen LogP contribution in [0.2, 0.25) is 0 Å². The Kier molecular flexibility index (Phi) is 5.97. The Morgan fingerprint density at radius 2 is 1.95 bits per heavy atom. The zero-order valence-corrected chi connectivity index (χ0v) is 20.6. The van der Waals surface area contributed by atoms with E-state index in [9.17, 15) is 13.2 Å². The van der Waals surface area contributed by atoms with E-state index in [1.54, 1.807) is 36.3 Å². The molecule has 38 heavy (non-hydrogen) atoms. The van der Waals surface area contributed by atoms with Crippen molar-refractivity contribution in [2.45, 2.75) is 50.7 Å². The summed E-state index contributed by atoms with van der Waals surface area (Å²) in [6.07, 6.45) is 1.24. The van der Waals surface area contributed by atoms with Crippen LogP contribution in [0.3, 0.4) is 0 Å². The fraction of sp³-hybridized carbons (Fsp3) is 0.417. The van der Waals surface area contributed by atoms with Gasteiger partial charge >= 0.3 is 6.18 Å². The number of aliphatic imine (C=N–C) groups is 1. The van der Waals surface area contributed by atoms with Crippen LogP contribution in [0.5, 0.6) is 5.88 Å². The van der Waals surface area contributed by atoms with Crippen LogP contribution in [0.25, 0.3) is 0 Å².